The minimum atomic E-state index is -4.41. The maximum Gasteiger partial charge on any atom is 0.416 e. The van der Waals surface area contributed by atoms with Gasteiger partial charge in [0.1, 0.15) is 0 Å². The summed E-state index contributed by atoms with van der Waals surface area (Å²) in [5.74, 6) is -0.402. The molecule has 128 valence electrons. The van der Waals surface area contributed by atoms with Gasteiger partial charge < -0.3 is 10.6 Å². The highest BCUT2D eigenvalue weighted by atomic mass is 19.4. The van der Waals surface area contributed by atoms with Gasteiger partial charge in [-0.1, -0.05) is 12.1 Å². The highest BCUT2D eigenvalue weighted by Crippen LogP contribution is 2.30. The minimum Gasteiger partial charge on any atom is -0.344 e. The molecule has 1 atom stereocenters. The smallest absolute Gasteiger partial charge is 0.344 e. The van der Waals surface area contributed by atoms with Crippen molar-refractivity contribution >= 4 is 5.91 Å². The first-order valence-electron chi connectivity index (χ1n) is 7.61. The zero-order valence-electron chi connectivity index (χ0n) is 13.0. The van der Waals surface area contributed by atoms with Crippen molar-refractivity contribution in [1.82, 2.24) is 20.8 Å². The Kier molecular flexibility index (Phi) is 4.31. The molecule has 1 aromatic carbocycles. The fourth-order valence-corrected chi connectivity index (χ4v) is 2.75. The largest absolute Gasteiger partial charge is 0.416 e. The number of fused-ring (bicyclic) bond motifs is 1. The Morgan fingerprint density at radius 2 is 2.17 bits per heavy atom. The van der Waals surface area contributed by atoms with E-state index in [1.165, 1.54) is 6.07 Å². The summed E-state index contributed by atoms with van der Waals surface area (Å²) in [5.41, 5.74) is 1.68. The number of carbonyl (C=O) groups is 1. The number of rotatable bonds is 3. The number of aromatic nitrogens is 2. The zero-order valence-corrected chi connectivity index (χ0v) is 13.0. The van der Waals surface area contributed by atoms with Crippen molar-refractivity contribution in [2.24, 2.45) is 0 Å². The summed E-state index contributed by atoms with van der Waals surface area (Å²) in [6, 6.07) is 4.38. The van der Waals surface area contributed by atoms with Crippen molar-refractivity contribution in [1.29, 1.82) is 0 Å². The number of hydrogen-bond acceptors (Lipinski definition) is 3. The van der Waals surface area contributed by atoms with Crippen LogP contribution in [0.25, 0.3) is 0 Å². The van der Waals surface area contributed by atoms with Crippen LogP contribution in [0.3, 0.4) is 0 Å². The van der Waals surface area contributed by atoms with Gasteiger partial charge in [0.2, 0.25) is 0 Å². The van der Waals surface area contributed by atoms with Gasteiger partial charge in [-0.2, -0.15) is 18.3 Å². The van der Waals surface area contributed by atoms with E-state index in [-0.39, 0.29) is 5.69 Å². The van der Waals surface area contributed by atoms with Gasteiger partial charge in [-0.25, -0.2) is 0 Å². The summed E-state index contributed by atoms with van der Waals surface area (Å²) in [5, 5.41) is 12.8. The fourth-order valence-electron chi connectivity index (χ4n) is 2.75. The molecule has 1 aliphatic heterocycles. The van der Waals surface area contributed by atoms with Gasteiger partial charge in [0.25, 0.3) is 5.91 Å². The first kappa shape index (κ1) is 16.5. The van der Waals surface area contributed by atoms with E-state index in [9.17, 15) is 18.0 Å². The third-order valence-electron chi connectivity index (χ3n) is 4.08. The second-order valence-corrected chi connectivity index (χ2v) is 5.77. The Labute approximate surface area is 136 Å². The number of alkyl halides is 3. The molecular formula is C16H17F3N4O. The SMILES string of the molecule is CC(NC(=O)c1n[nH]c2c1CNCC2)c1cccc(C(F)(F)F)c1. The lowest BCUT2D eigenvalue weighted by molar-refractivity contribution is -0.137. The lowest BCUT2D eigenvalue weighted by Crippen LogP contribution is -2.30. The predicted octanol–water partition coefficient (Wildman–Crippen LogP) is 2.57. The number of nitrogens with zero attached hydrogens (tertiary/aromatic N) is 1. The average Bonchev–Trinajstić information content (AvgIpc) is 2.98. The molecular weight excluding hydrogens is 321 g/mol. The maximum atomic E-state index is 12.8. The van der Waals surface area contributed by atoms with E-state index in [1.54, 1.807) is 13.0 Å². The van der Waals surface area contributed by atoms with Crippen LogP contribution in [0, 0.1) is 0 Å². The molecule has 8 heteroatoms. The Morgan fingerprint density at radius 3 is 2.92 bits per heavy atom. The molecule has 0 saturated carbocycles. The van der Waals surface area contributed by atoms with E-state index in [2.05, 4.69) is 20.8 Å². The van der Waals surface area contributed by atoms with Crippen LogP contribution in [0.1, 0.15) is 45.8 Å². The van der Waals surface area contributed by atoms with Gasteiger partial charge in [0, 0.05) is 30.8 Å². The summed E-state index contributed by atoms with van der Waals surface area (Å²) in [7, 11) is 0. The molecule has 1 aromatic heterocycles. The van der Waals surface area contributed by atoms with E-state index < -0.39 is 23.7 Å². The van der Waals surface area contributed by atoms with Crippen molar-refractivity contribution in [3.63, 3.8) is 0 Å². The number of carbonyl (C=O) groups excluding carboxylic acids is 1. The van der Waals surface area contributed by atoms with Gasteiger partial charge in [0.05, 0.1) is 11.6 Å². The number of aromatic amines is 1. The number of hydrogen-bond donors (Lipinski definition) is 3. The van der Waals surface area contributed by atoms with E-state index >= 15 is 0 Å². The molecule has 0 spiro atoms. The van der Waals surface area contributed by atoms with Crippen molar-refractivity contribution in [3.8, 4) is 0 Å². The highest BCUT2D eigenvalue weighted by Gasteiger charge is 2.31. The van der Waals surface area contributed by atoms with E-state index in [0.29, 0.717) is 12.1 Å². The van der Waals surface area contributed by atoms with E-state index in [4.69, 9.17) is 0 Å². The molecule has 0 aliphatic carbocycles. The second kappa shape index (κ2) is 6.27. The number of nitrogens with one attached hydrogen (secondary N) is 3. The van der Waals surface area contributed by atoms with Crippen LogP contribution in [0.2, 0.25) is 0 Å². The Hall–Kier alpha value is -2.35. The Balaban J connectivity index is 1.76. The molecule has 1 aliphatic rings. The number of benzene rings is 1. The average molecular weight is 338 g/mol. The maximum absolute atomic E-state index is 12.8. The van der Waals surface area contributed by atoms with Crippen LogP contribution in [0.15, 0.2) is 24.3 Å². The summed E-state index contributed by atoms with van der Waals surface area (Å²) < 4.78 is 38.4. The molecule has 2 aromatic rings. The van der Waals surface area contributed by atoms with Crippen molar-refractivity contribution in [2.45, 2.75) is 32.1 Å². The molecule has 5 nitrogen and oxygen atoms in total. The quantitative estimate of drug-likeness (QED) is 0.806. The van der Waals surface area contributed by atoms with Crippen LogP contribution in [-0.4, -0.2) is 22.6 Å². The number of halogens is 3. The molecule has 2 heterocycles. The first-order valence-corrected chi connectivity index (χ1v) is 7.61. The normalized spacial score (nSPS) is 15.7. The summed E-state index contributed by atoms with van der Waals surface area (Å²) in [6.07, 6.45) is -3.65. The van der Waals surface area contributed by atoms with Crippen LogP contribution in [0.4, 0.5) is 13.2 Å². The lowest BCUT2D eigenvalue weighted by atomic mass is 10.0. The monoisotopic (exact) mass is 338 g/mol. The van der Waals surface area contributed by atoms with Crippen LogP contribution >= 0.6 is 0 Å². The molecule has 24 heavy (non-hydrogen) atoms. The molecule has 0 radical (unpaired) electrons. The van der Waals surface area contributed by atoms with Crippen LogP contribution < -0.4 is 10.6 Å². The third-order valence-corrected chi connectivity index (χ3v) is 4.08. The molecule has 1 amide bonds. The number of amides is 1. The lowest BCUT2D eigenvalue weighted by Gasteiger charge is -2.17. The van der Waals surface area contributed by atoms with Crippen LogP contribution in [0.5, 0.6) is 0 Å². The molecule has 3 rings (SSSR count). The van der Waals surface area contributed by atoms with E-state index in [1.807, 2.05) is 0 Å². The van der Waals surface area contributed by atoms with Crippen molar-refractivity contribution in [3.05, 3.63) is 52.3 Å². The second-order valence-electron chi connectivity index (χ2n) is 5.77. The molecule has 0 bridgehead atoms. The summed E-state index contributed by atoms with van der Waals surface area (Å²) in [4.78, 5) is 12.4. The predicted molar refractivity (Wildman–Crippen MR) is 81.3 cm³/mol. The van der Waals surface area contributed by atoms with Crippen molar-refractivity contribution in [2.75, 3.05) is 6.54 Å². The van der Waals surface area contributed by atoms with Gasteiger partial charge >= 0.3 is 6.18 Å². The summed E-state index contributed by atoms with van der Waals surface area (Å²) in [6.45, 7) is 3.01. The summed E-state index contributed by atoms with van der Waals surface area (Å²) >= 11 is 0. The number of H-pyrrole nitrogens is 1. The molecule has 1 unspecified atom stereocenters. The molecule has 0 saturated heterocycles. The van der Waals surface area contributed by atoms with Crippen LogP contribution in [-0.2, 0) is 19.1 Å². The highest BCUT2D eigenvalue weighted by molar-refractivity contribution is 5.94. The first-order chi connectivity index (χ1) is 11.4. The molecule has 3 N–H and O–H groups in total. The molecule has 0 fully saturated rings. The van der Waals surface area contributed by atoms with Gasteiger partial charge in [-0.05, 0) is 24.6 Å². The fraction of sp³-hybridized carbons (Fsp3) is 0.375. The van der Waals surface area contributed by atoms with Crippen molar-refractivity contribution < 1.29 is 18.0 Å². The van der Waals surface area contributed by atoms with E-state index in [0.717, 1.165) is 36.4 Å². The van der Waals surface area contributed by atoms with Gasteiger partial charge in [0.15, 0.2) is 5.69 Å². The Morgan fingerprint density at radius 1 is 1.38 bits per heavy atom. The van der Waals surface area contributed by atoms with Gasteiger partial charge in [-0.3, -0.25) is 9.89 Å². The Bertz CT molecular complexity index is 754. The minimum absolute atomic E-state index is 0.288. The third kappa shape index (κ3) is 3.28. The standard InChI is InChI=1S/C16H17F3N4O/c1-9(10-3-2-4-11(7-10)16(17,18)19)21-15(24)14-12-8-20-6-5-13(12)22-23-14/h2-4,7,9,20H,5-6,8H2,1H3,(H,21,24)(H,22,23). The zero-order chi connectivity index (χ0) is 17.3. The topological polar surface area (TPSA) is 69.8 Å². The van der Waals surface area contributed by atoms with Gasteiger partial charge in [-0.15, -0.1) is 0 Å².